The summed E-state index contributed by atoms with van der Waals surface area (Å²) in [5, 5.41) is 21.7. The molecule has 10 heteroatoms. The lowest BCUT2D eigenvalue weighted by Crippen LogP contribution is -2.31. The molecule has 1 heterocycles. The number of carbonyl (C=O) groups is 3. The van der Waals surface area contributed by atoms with Crippen molar-refractivity contribution in [3.63, 3.8) is 0 Å². The van der Waals surface area contributed by atoms with Crippen LogP contribution in [0.3, 0.4) is 0 Å². The summed E-state index contributed by atoms with van der Waals surface area (Å²) < 4.78 is 17.7. The summed E-state index contributed by atoms with van der Waals surface area (Å²) >= 11 is 1.41. The first-order chi connectivity index (χ1) is 19.2. The van der Waals surface area contributed by atoms with Crippen LogP contribution in [0.4, 0.5) is 5.69 Å². The van der Waals surface area contributed by atoms with Crippen LogP contribution in [0.2, 0.25) is 0 Å². The maximum Gasteiger partial charge on any atom is 0.336 e. The maximum atomic E-state index is 12.5. The first-order valence-corrected chi connectivity index (χ1v) is 13.8. The van der Waals surface area contributed by atoms with Crippen LogP contribution in [0.1, 0.15) is 59.7 Å². The summed E-state index contributed by atoms with van der Waals surface area (Å²) in [6, 6.07) is 21.4. The Bertz CT molecular complexity index is 1350. The summed E-state index contributed by atoms with van der Waals surface area (Å²) in [5.41, 5.74) is 3.11. The highest BCUT2D eigenvalue weighted by atomic mass is 32.2. The minimum Gasteiger partial charge on any atom is -0.478 e. The van der Waals surface area contributed by atoms with E-state index in [4.69, 9.17) is 14.2 Å². The third-order valence-electron chi connectivity index (χ3n) is 6.30. The molecule has 210 valence electrons. The van der Waals surface area contributed by atoms with Gasteiger partial charge in [-0.25, -0.2) is 4.79 Å². The fourth-order valence-corrected chi connectivity index (χ4v) is 5.35. The Balaban J connectivity index is 1.55. The molecule has 0 spiro atoms. The van der Waals surface area contributed by atoms with E-state index in [1.807, 2.05) is 30.3 Å². The number of benzene rings is 3. The fraction of sp³-hybridized carbons (Fsp3) is 0.300. The second-order valence-corrected chi connectivity index (χ2v) is 10.4. The van der Waals surface area contributed by atoms with E-state index in [1.165, 1.54) is 25.6 Å². The normalized spacial score (nSPS) is 19.4. The van der Waals surface area contributed by atoms with Gasteiger partial charge < -0.3 is 29.7 Å². The van der Waals surface area contributed by atoms with Crippen molar-refractivity contribution in [2.45, 2.75) is 56.4 Å². The van der Waals surface area contributed by atoms with Crippen molar-refractivity contribution in [1.29, 1.82) is 0 Å². The van der Waals surface area contributed by atoms with Crippen molar-refractivity contribution in [3.05, 3.63) is 95.1 Å². The molecule has 1 aliphatic rings. The molecule has 9 nitrogen and oxygen atoms in total. The minimum atomic E-state index is -0.988. The maximum absolute atomic E-state index is 12.5. The van der Waals surface area contributed by atoms with Gasteiger partial charge in [0, 0.05) is 35.2 Å². The number of esters is 1. The predicted octanol–water partition coefficient (Wildman–Crippen LogP) is 5.10. The van der Waals surface area contributed by atoms with Crippen molar-refractivity contribution < 1.29 is 38.8 Å². The molecule has 1 saturated heterocycles. The second kappa shape index (κ2) is 13.6. The van der Waals surface area contributed by atoms with Gasteiger partial charge in [0.25, 0.3) is 5.91 Å². The standard InChI is InChI=1S/C30H31NO8S/c1-18(37-19(2)33)28(34)31-23-7-5-6-22(14-23)30-38-24(17-40-27-9-4-3-8-25(27)29(35)36)15-26(39-30)21-12-10-20(16-32)11-13-21/h3-14,18,24,26,30,32H,15-17H2,1-2H3,(H,31,34)(H,35,36)/t18-,24+,26-,30-/m0/s1. The predicted molar refractivity (Wildman–Crippen MR) is 149 cm³/mol. The van der Waals surface area contributed by atoms with E-state index in [1.54, 1.807) is 42.5 Å². The highest BCUT2D eigenvalue weighted by Crippen LogP contribution is 2.40. The smallest absolute Gasteiger partial charge is 0.336 e. The van der Waals surface area contributed by atoms with Crippen molar-refractivity contribution in [1.82, 2.24) is 0 Å². The molecule has 3 N–H and O–H groups in total. The quantitative estimate of drug-likeness (QED) is 0.227. The number of hydrogen-bond acceptors (Lipinski definition) is 8. The van der Waals surface area contributed by atoms with Crippen LogP contribution in [-0.2, 0) is 30.4 Å². The number of aliphatic hydroxyl groups excluding tert-OH is 1. The van der Waals surface area contributed by atoms with Crippen LogP contribution in [0.15, 0.2) is 77.7 Å². The third kappa shape index (κ3) is 7.70. The van der Waals surface area contributed by atoms with E-state index in [2.05, 4.69) is 5.32 Å². The zero-order chi connectivity index (χ0) is 28.6. The van der Waals surface area contributed by atoms with Crippen molar-refractivity contribution in [3.8, 4) is 0 Å². The average Bonchev–Trinajstić information content (AvgIpc) is 2.96. The molecule has 3 aromatic carbocycles. The van der Waals surface area contributed by atoms with Crippen molar-refractivity contribution in [2.75, 3.05) is 11.1 Å². The van der Waals surface area contributed by atoms with E-state index in [-0.39, 0.29) is 24.4 Å². The zero-order valence-electron chi connectivity index (χ0n) is 22.1. The van der Waals surface area contributed by atoms with Gasteiger partial charge in [0.2, 0.25) is 0 Å². The van der Waals surface area contributed by atoms with E-state index < -0.39 is 30.2 Å². The lowest BCUT2D eigenvalue weighted by atomic mass is 10.0. The highest BCUT2D eigenvalue weighted by Gasteiger charge is 2.32. The van der Waals surface area contributed by atoms with Crippen LogP contribution in [-0.4, -0.2) is 46.0 Å². The minimum absolute atomic E-state index is 0.0611. The van der Waals surface area contributed by atoms with Crippen LogP contribution in [0, 0.1) is 0 Å². The van der Waals surface area contributed by atoms with Gasteiger partial charge in [0.15, 0.2) is 12.4 Å². The zero-order valence-corrected chi connectivity index (χ0v) is 22.9. The van der Waals surface area contributed by atoms with Gasteiger partial charge in [-0.15, -0.1) is 11.8 Å². The Morgan fingerprint density at radius 3 is 2.48 bits per heavy atom. The Morgan fingerprint density at radius 1 is 1.02 bits per heavy atom. The second-order valence-electron chi connectivity index (χ2n) is 9.33. The Hall–Kier alpha value is -3.70. The lowest BCUT2D eigenvalue weighted by molar-refractivity contribution is -0.245. The van der Waals surface area contributed by atoms with Gasteiger partial charge in [-0.05, 0) is 42.3 Å². The van der Waals surface area contributed by atoms with Gasteiger partial charge in [-0.1, -0.05) is 48.5 Å². The monoisotopic (exact) mass is 565 g/mol. The van der Waals surface area contributed by atoms with Crippen molar-refractivity contribution >= 4 is 35.3 Å². The van der Waals surface area contributed by atoms with Gasteiger partial charge >= 0.3 is 11.9 Å². The molecule has 4 rings (SSSR count). The van der Waals surface area contributed by atoms with Crippen LogP contribution >= 0.6 is 11.8 Å². The number of carbonyl (C=O) groups excluding carboxylic acids is 2. The molecule has 1 amide bonds. The Morgan fingerprint density at radius 2 is 1.77 bits per heavy atom. The molecule has 1 fully saturated rings. The van der Waals surface area contributed by atoms with Gasteiger partial charge in [-0.3, -0.25) is 9.59 Å². The number of ether oxygens (including phenoxy) is 3. The SMILES string of the molecule is CC(=O)O[C@@H](C)C(=O)Nc1cccc([C@H]2O[C@@H](CSc3ccccc3C(=O)O)C[C@@H](c3ccc(CO)cc3)O2)c1. The number of thioether (sulfide) groups is 1. The van der Waals surface area contributed by atoms with Gasteiger partial charge in [-0.2, -0.15) is 0 Å². The van der Waals surface area contributed by atoms with E-state index in [0.29, 0.717) is 28.3 Å². The summed E-state index contributed by atoms with van der Waals surface area (Å²) in [5.74, 6) is -1.51. The molecule has 0 bridgehead atoms. The number of carboxylic acid groups (broad SMARTS) is 1. The van der Waals surface area contributed by atoms with E-state index in [9.17, 15) is 24.6 Å². The number of rotatable bonds is 10. The van der Waals surface area contributed by atoms with Gasteiger partial charge in [0.05, 0.1) is 24.4 Å². The molecular weight excluding hydrogens is 534 g/mol. The number of carboxylic acids is 1. The molecular formula is C30H31NO8S. The molecule has 0 unspecified atom stereocenters. The first-order valence-electron chi connectivity index (χ1n) is 12.8. The van der Waals surface area contributed by atoms with Crippen LogP contribution < -0.4 is 5.32 Å². The molecule has 0 saturated carbocycles. The largest absolute Gasteiger partial charge is 0.478 e. The molecule has 3 aromatic rings. The first kappa shape index (κ1) is 29.3. The summed E-state index contributed by atoms with van der Waals surface area (Å²) in [6.07, 6.45) is -1.79. The average molecular weight is 566 g/mol. The molecule has 4 atom stereocenters. The fourth-order valence-electron chi connectivity index (χ4n) is 4.28. The van der Waals surface area contributed by atoms with E-state index in [0.717, 1.165) is 11.1 Å². The molecule has 0 radical (unpaired) electrons. The molecule has 0 aliphatic carbocycles. The third-order valence-corrected chi connectivity index (χ3v) is 7.50. The molecule has 40 heavy (non-hydrogen) atoms. The van der Waals surface area contributed by atoms with Crippen LogP contribution in [0.5, 0.6) is 0 Å². The highest BCUT2D eigenvalue weighted by molar-refractivity contribution is 7.99. The lowest BCUT2D eigenvalue weighted by Gasteiger charge is -2.36. The number of anilines is 1. The number of aromatic carboxylic acids is 1. The summed E-state index contributed by atoms with van der Waals surface area (Å²) in [6.45, 7) is 2.67. The number of amides is 1. The summed E-state index contributed by atoms with van der Waals surface area (Å²) in [4.78, 5) is 36.0. The molecule has 0 aromatic heterocycles. The van der Waals surface area contributed by atoms with Gasteiger partial charge in [0.1, 0.15) is 0 Å². The van der Waals surface area contributed by atoms with Crippen molar-refractivity contribution in [2.24, 2.45) is 0 Å². The Kier molecular flexibility index (Phi) is 9.94. The number of nitrogens with one attached hydrogen (secondary N) is 1. The number of aliphatic hydroxyl groups is 1. The topological polar surface area (TPSA) is 131 Å². The van der Waals surface area contributed by atoms with Crippen LogP contribution in [0.25, 0.3) is 0 Å². The van der Waals surface area contributed by atoms with E-state index >= 15 is 0 Å². The number of hydrogen-bond donors (Lipinski definition) is 3. The summed E-state index contributed by atoms with van der Waals surface area (Å²) in [7, 11) is 0. The molecule has 1 aliphatic heterocycles. The Labute approximate surface area is 236 Å².